The van der Waals surface area contributed by atoms with Crippen LogP contribution in [0.4, 0.5) is 5.69 Å². The van der Waals surface area contributed by atoms with Gasteiger partial charge in [-0.3, -0.25) is 9.59 Å². The van der Waals surface area contributed by atoms with Crippen LogP contribution < -0.4 is 10.6 Å². The van der Waals surface area contributed by atoms with E-state index in [9.17, 15) is 9.59 Å². The van der Waals surface area contributed by atoms with Crippen LogP contribution in [0.2, 0.25) is 0 Å². The molecule has 1 aromatic rings. The van der Waals surface area contributed by atoms with E-state index < -0.39 is 0 Å². The van der Waals surface area contributed by atoms with Gasteiger partial charge < -0.3 is 10.6 Å². The predicted octanol–water partition coefficient (Wildman–Crippen LogP) is 2.10. The van der Waals surface area contributed by atoms with Crippen molar-refractivity contribution in [2.75, 3.05) is 5.32 Å². The second kappa shape index (κ2) is 5.87. The smallest absolute Gasteiger partial charge is 0.246 e. The molecule has 1 fully saturated rings. The highest BCUT2D eigenvalue weighted by Gasteiger charge is 2.27. The lowest BCUT2D eigenvalue weighted by Gasteiger charge is -2.12. The first-order valence-corrected chi connectivity index (χ1v) is 6.74. The van der Waals surface area contributed by atoms with E-state index in [-0.39, 0.29) is 17.9 Å². The molecule has 0 saturated carbocycles. The Kier molecular flexibility index (Phi) is 4.20. The fourth-order valence-electron chi connectivity index (χ4n) is 2.29. The predicted molar refractivity (Wildman–Crippen MR) is 74.8 cm³/mol. The maximum atomic E-state index is 12.0. The van der Waals surface area contributed by atoms with Gasteiger partial charge in [-0.25, -0.2) is 0 Å². The van der Waals surface area contributed by atoms with Crippen molar-refractivity contribution in [1.82, 2.24) is 5.32 Å². The van der Waals surface area contributed by atoms with Gasteiger partial charge in [-0.15, -0.1) is 0 Å². The van der Waals surface area contributed by atoms with E-state index in [1.807, 2.05) is 18.2 Å². The summed E-state index contributed by atoms with van der Waals surface area (Å²) in [5.41, 5.74) is 2.01. The average molecular weight is 260 g/mol. The minimum Gasteiger partial charge on any atom is -0.344 e. The molecule has 0 aliphatic carbocycles. The molecule has 4 nitrogen and oxygen atoms in total. The first-order chi connectivity index (χ1) is 9.04. The van der Waals surface area contributed by atoms with Crippen LogP contribution in [-0.2, 0) is 16.0 Å². The first kappa shape index (κ1) is 13.6. The van der Waals surface area contributed by atoms with Crippen LogP contribution in [0.25, 0.3) is 0 Å². The molecule has 19 heavy (non-hydrogen) atoms. The summed E-state index contributed by atoms with van der Waals surface area (Å²) in [5, 5.41) is 5.53. The van der Waals surface area contributed by atoms with Gasteiger partial charge in [0, 0.05) is 12.1 Å². The summed E-state index contributed by atoms with van der Waals surface area (Å²) in [6.45, 7) is 4.33. The van der Waals surface area contributed by atoms with Gasteiger partial charge in [-0.1, -0.05) is 26.0 Å². The van der Waals surface area contributed by atoms with E-state index in [1.165, 1.54) is 5.56 Å². The van der Waals surface area contributed by atoms with Gasteiger partial charge in [-0.05, 0) is 36.5 Å². The van der Waals surface area contributed by atoms with Gasteiger partial charge in [0.1, 0.15) is 6.04 Å². The highest BCUT2D eigenvalue weighted by atomic mass is 16.2. The molecule has 4 heteroatoms. The SMILES string of the molecule is CC(C)Cc1cccc(NC(=O)C2CCC(=O)N2)c1. The zero-order chi connectivity index (χ0) is 13.8. The zero-order valence-electron chi connectivity index (χ0n) is 11.4. The Morgan fingerprint density at radius 1 is 1.47 bits per heavy atom. The molecule has 1 aliphatic rings. The van der Waals surface area contributed by atoms with Crippen LogP contribution in [-0.4, -0.2) is 17.9 Å². The van der Waals surface area contributed by atoms with Gasteiger partial charge in [-0.2, -0.15) is 0 Å². The van der Waals surface area contributed by atoms with E-state index in [2.05, 4.69) is 30.5 Å². The second-order valence-electron chi connectivity index (χ2n) is 5.45. The number of nitrogens with one attached hydrogen (secondary N) is 2. The molecule has 0 aromatic heterocycles. The molecular weight excluding hydrogens is 240 g/mol. The third-order valence-electron chi connectivity index (χ3n) is 3.15. The number of amides is 2. The molecular formula is C15H20N2O2. The molecule has 2 N–H and O–H groups in total. The van der Waals surface area contributed by atoms with Crippen LogP contribution in [0.3, 0.4) is 0 Å². The fourth-order valence-corrected chi connectivity index (χ4v) is 2.29. The number of hydrogen-bond donors (Lipinski definition) is 2. The van der Waals surface area contributed by atoms with Crippen LogP contribution in [0.1, 0.15) is 32.3 Å². The van der Waals surface area contributed by atoms with Gasteiger partial charge in [0.25, 0.3) is 0 Å². The van der Waals surface area contributed by atoms with Crippen molar-refractivity contribution >= 4 is 17.5 Å². The Balaban J connectivity index is 1.98. The van der Waals surface area contributed by atoms with Crippen molar-refractivity contribution in [3.63, 3.8) is 0 Å². The fraction of sp³-hybridized carbons (Fsp3) is 0.467. The van der Waals surface area contributed by atoms with Crippen molar-refractivity contribution in [2.24, 2.45) is 5.92 Å². The standard InChI is InChI=1S/C15H20N2O2/c1-10(2)8-11-4-3-5-12(9-11)16-15(19)13-6-7-14(18)17-13/h3-5,9-10,13H,6-8H2,1-2H3,(H,16,19)(H,17,18). The van der Waals surface area contributed by atoms with Gasteiger partial charge >= 0.3 is 0 Å². The molecule has 0 radical (unpaired) electrons. The lowest BCUT2D eigenvalue weighted by atomic mass is 10.0. The van der Waals surface area contributed by atoms with Crippen LogP contribution in [0, 0.1) is 5.92 Å². The normalized spacial score (nSPS) is 18.5. The highest BCUT2D eigenvalue weighted by molar-refractivity contribution is 5.98. The lowest BCUT2D eigenvalue weighted by Crippen LogP contribution is -2.37. The Morgan fingerprint density at radius 2 is 2.26 bits per heavy atom. The first-order valence-electron chi connectivity index (χ1n) is 6.74. The maximum absolute atomic E-state index is 12.0. The van der Waals surface area contributed by atoms with E-state index in [1.54, 1.807) is 0 Å². The number of carbonyl (C=O) groups excluding carboxylic acids is 2. The Labute approximate surface area is 113 Å². The van der Waals surface area contributed by atoms with Crippen LogP contribution in [0.5, 0.6) is 0 Å². The second-order valence-corrected chi connectivity index (χ2v) is 5.45. The maximum Gasteiger partial charge on any atom is 0.246 e. The quantitative estimate of drug-likeness (QED) is 0.871. The minimum atomic E-state index is -0.388. The number of anilines is 1. The van der Waals surface area contributed by atoms with Crippen molar-refractivity contribution in [3.8, 4) is 0 Å². The summed E-state index contributed by atoms with van der Waals surface area (Å²) in [4.78, 5) is 23.1. The number of rotatable bonds is 4. The van der Waals surface area contributed by atoms with Gasteiger partial charge in [0.05, 0.1) is 0 Å². The topological polar surface area (TPSA) is 58.2 Å². The zero-order valence-corrected chi connectivity index (χ0v) is 11.4. The molecule has 2 amide bonds. The summed E-state index contributed by atoms with van der Waals surface area (Å²) >= 11 is 0. The molecule has 0 spiro atoms. The number of hydrogen-bond acceptors (Lipinski definition) is 2. The molecule has 1 atom stereocenters. The third kappa shape index (κ3) is 3.81. The van der Waals surface area contributed by atoms with E-state index in [4.69, 9.17) is 0 Å². The molecule has 1 heterocycles. The average Bonchev–Trinajstić information content (AvgIpc) is 2.75. The molecule has 1 saturated heterocycles. The summed E-state index contributed by atoms with van der Waals surface area (Å²) < 4.78 is 0. The largest absolute Gasteiger partial charge is 0.344 e. The Morgan fingerprint density at radius 3 is 2.89 bits per heavy atom. The highest BCUT2D eigenvalue weighted by Crippen LogP contribution is 2.16. The monoisotopic (exact) mass is 260 g/mol. The molecule has 102 valence electrons. The van der Waals surface area contributed by atoms with Crippen molar-refractivity contribution < 1.29 is 9.59 Å². The van der Waals surface area contributed by atoms with Crippen molar-refractivity contribution in [1.29, 1.82) is 0 Å². The van der Waals surface area contributed by atoms with E-state index >= 15 is 0 Å². The van der Waals surface area contributed by atoms with E-state index in [0.717, 1.165) is 12.1 Å². The summed E-state index contributed by atoms with van der Waals surface area (Å²) in [6, 6.07) is 7.49. The van der Waals surface area contributed by atoms with Crippen LogP contribution in [0.15, 0.2) is 24.3 Å². The lowest BCUT2D eigenvalue weighted by molar-refractivity contribution is -0.122. The summed E-state index contributed by atoms with van der Waals surface area (Å²) in [6.07, 6.45) is 2.01. The molecule has 1 aliphatic heterocycles. The van der Waals surface area contributed by atoms with Crippen molar-refractivity contribution in [2.45, 2.75) is 39.2 Å². The molecule has 1 unspecified atom stereocenters. The van der Waals surface area contributed by atoms with Crippen molar-refractivity contribution in [3.05, 3.63) is 29.8 Å². The Hall–Kier alpha value is -1.84. The molecule has 0 bridgehead atoms. The van der Waals surface area contributed by atoms with Gasteiger partial charge in [0.2, 0.25) is 11.8 Å². The van der Waals surface area contributed by atoms with Gasteiger partial charge in [0.15, 0.2) is 0 Å². The van der Waals surface area contributed by atoms with Crippen LogP contribution >= 0.6 is 0 Å². The molecule has 2 rings (SSSR count). The minimum absolute atomic E-state index is 0.0475. The summed E-state index contributed by atoms with van der Waals surface area (Å²) in [7, 11) is 0. The third-order valence-corrected chi connectivity index (χ3v) is 3.15. The number of benzene rings is 1. The molecule has 1 aromatic carbocycles. The Bertz CT molecular complexity index is 483. The van der Waals surface area contributed by atoms with E-state index in [0.29, 0.717) is 18.8 Å². The summed E-state index contributed by atoms with van der Waals surface area (Å²) in [5.74, 6) is 0.404. The number of carbonyl (C=O) groups is 2.